The molecule has 0 aliphatic carbocycles. The van der Waals surface area contributed by atoms with Crippen molar-refractivity contribution in [3.63, 3.8) is 0 Å². The number of nitrogens with two attached hydrogens (primary N) is 1. The molecule has 8 heteroatoms. The van der Waals surface area contributed by atoms with E-state index in [4.69, 9.17) is 10.5 Å². The Hall–Kier alpha value is -3.10. The van der Waals surface area contributed by atoms with Gasteiger partial charge in [-0.1, -0.05) is 60.7 Å². The third-order valence-electron chi connectivity index (χ3n) is 4.96. The lowest BCUT2D eigenvalue weighted by Gasteiger charge is -2.48. The van der Waals surface area contributed by atoms with Gasteiger partial charge in [-0.25, -0.2) is 4.79 Å². The van der Waals surface area contributed by atoms with E-state index < -0.39 is 18.1 Å². The van der Waals surface area contributed by atoms with Gasteiger partial charge in [0.15, 0.2) is 11.8 Å². The number of amides is 2. The van der Waals surface area contributed by atoms with Crippen LogP contribution in [0.2, 0.25) is 0 Å². The molecule has 1 saturated heterocycles. The van der Waals surface area contributed by atoms with Crippen molar-refractivity contribution in [3.05, 3.63) is 83.2 Å². The second-order valence-electron chi connectivity index (χ2n) is 7.05. The highest BCUT2D eigenvalue weighted by molar-refractivity contribution is 8.00. The molecule has 2 amide bonds. The summed E-state index contributed by atoms with van der Waals surface area (Å²) in [5, 5.41) is 2.33. The molecule has 1 unspecified atom stereocenters. The molecule has 0 radical (unpaired) electrons. The number of β-lactam (4-membered cyclic amide) rings is 1. The molecule has 7 nitrogen and oxygen atoms in total. The Kier molecular flexibility index (Phi) is 5.61. The van der Waals surface area contributed by atoms with Crippen molar-refractivity contribution in [1.29, 1.82) is 0 Å². The molecular formula is C22H21N3O4S. The normalized spacial score (nSPS) is 20.5. The van der Waals surface area contributed by atoms with Crippen LogP contribution in [0.1, 0.15) is 24.2 Å². The number of ether oxygens (including phenoxy) is 1. The van der Waals surface area contributed by atoms with E-state index in [1.165, 1.54) is 23.6 Å². The summed E-state index contributed by atoms with van der Waals surface area (Å²) in [6.07, 6.45) is -0.663. The Morgan fingerprint density at radius 2 is 1.67 bits per heavy atom. The fraction of sp³-hybridized carbons (Fsp3) is 0.227. The van der Waals surface area contributed by atoms with Crippen molar-refractivity contribution in [2.45, 2.75) is 24.4 Å². The van der Waals surface area contributed by atoms with E-state index in [0.717, 1.165) is 11.1 Å². The maximum atomic E-state index is 13.3. The molecule has 0 spiro atoms. The molecule has 2 atom stereocenters. The first-order valence-corrected chi connectivity index (χ1v) is 10.5. The topological polar surface area (TPSA) is 102 Å². The van der Waals surface area contributed by atoms with E-state index >= 15 is 0 Å². The number of fused-ring (bicyclic) bond motifs is 1. The van der Waals surface area contributed by atoms with Gasteiger partial charge in [0, 0.05) is 12.7 Å². The molecule has 2 aliphatic heterocycles. The number of hydrogen-bond donors (Lipinski definition) is 2. The minimum Gasteiger partial charge on any atom is -0.448 e. The number of benzene rings is 2. The minimum absolute atomic E-state index is 0.0533. The zero-order valence-corrected chi connectivity index (χ0v) is 17.1. The number of thioether (sulfide) groups is 1. The minimum atomic E-state index is -0.679. The first kappa shape index (κ1) is 20.2. The van der Waals surface area contributed by atoms with Crippen molar-refractivity contribution >= 4 is 29.5 Å². The summed E-state index contributed by atoms with van der Waals surface area (Å²) in [5.41, 5.74) is 7.90. The highest BCUT2D eigenvalue weighted by Gasteiger charge is 2.52. The monoisotopic (exact) mass is 423 g/mol. The molecule has 30 heavy (non-hydrogen) atoms. The van der Waals surface area contributed by atoms with E-state index in [1.807, 2.05) is 60.7 Å². The number of carbonyl (C=O) groups excluding carboxylic acids is 3. The lowest BCUT2D eigenvalue weighted by atomic mass is 10.0. The average Bonchev–Trinajstić information content (AvgIpc) is 2.77. The summed E-state index contributed by atoms with van der Waals surface area (Å²) in [6.45, 7) is 1.35. The Morgan fingerprint density at radius 1 is 1.10 bits per heavy atom. The molecular weight excluding hydrogens is 402 g/mol. The zero-order valence-electron chi connectivity index (χ0n) is 16.3. The molecule has 2 aromatic carbocycles. The predicted octanol–water partition coefficient (Wildman–Crippen LogP) is 1.91. The van der Waals surface area contributed by atoms with Crippen LogP contribution in [0.15, 0.2) is 72.1 Å². The highest BCUT2D eigenvalue weighted by Crippen LogP contribution is 2.40. The first-order chi connectivity index (χ1) is 14.5. The largest absolute Gasteiger partial charge is 0.448 e. The SMILES string of the molecule is CC(=O)NC1=C(C(=O)OC(c2ccccc2)c2ccccc2)N2C(=O)C(N)[C@@H]2SC1. The molecule has 2 aromatic rings. The van der Waals surface area contributed by atoms with Crippen molar-refractivity contribution < 1.29 is 19.1 Å². The van der Waals surface area contributed by atoms with Gasteiger partial charge in [0.05, 0.1) is 5.70 Å². The lowest BCUT2D eigenvalue weighted by molar-refractivity contribution is -0.153. The van der Waals surface area contributed by atoms with Crippen LogP contribution >= 0.6 is 11.8 Å². The van der Waals surface area contributed by atoms with E-state index in [9.17, 15) is 14.4 Å². The van der Waals surface area contributed by atoms with Gasteiger partial charge < -0.3 is 15.8 Å². The molecule has 0 aromatic heterocycles. The van der Waals surface area contributed by atoms with Gasteiger partial charge in [-0.3, -0.25) is 14.5 Å². The van der Waals surface area contributed by atoms with Crippen molar-refractivity contribution in [2.75, 3.05) is 5.75 Å². The molecule has 0 saturated carbocycles. The maximum absolute atomic E-state index is 13.3. The second-order valence-corrected chi connectivity index (χ2v) is 8.16. The predicted molar refractivity (Wildman–Crippen MR) is 113 cm³/mol. The molecule has 0 bridgehead atoms. The van der Waals surface area contributed by atoms with Crippen LogP contribution < -0.4 is 11.1 Å². The van der Waals surface area contributed by atoms with Crippen LogP contribution in [-0.4, -0.2) is 39.9 Å². The molecule has 1 fully saturated rings. The molecule has 3 N–H and O–H groups in total. The van der Waals surface area contributed by atoms with Gasteiger partial charge in [-0.2, -0.15) is 0 Å². The van der Waals surface area contributed by atoms with Gasteiger partial charge in [0.25, 0.3) is 0 Å². The average molecular weight is 423 g/mol. The van der Waals surface area contributed by atoms with Gasteiger partial charge in [0.1, 0.15) is 11.4 Å². The Labute approximate surface area is 178 Å². The van der Waals surface area contributed by atoms with E-state index in [0.29, 0.717) is 11.4 Å². The maximum Gasteiger partial charge on any atom is 0.357 e. The summed E-state index contributed by atoms with van der Waals surface area (Å²) in [7, 11) is 0. The van der Waals surface area contributed by atoms with Crippen LogP contribution in [0.3, 0.4) is 0 Å². The van der Waals surface area contributed by atoms with Crippen molar-refractivity contribution in [2.24, 2.45) is 5.73 Å². The van der Waals surface area contributed by atoms with Crippen LogP contribution in [0.4, 0.5) is 0 Å². The zero-order chi connectivity index (χ0) is 21.3. The van der Waals surface area contributed by atoms with Crippen molar-refractivity contribution in [3.8, 4) is 0 Å². The number of hydrogen-bond acceptors (Lipinski definition) is 6. The Morgan fingerprint density at radius 3 is 2.20 bits per heavy atom. The summed E-state index contributed by atoms with van der Waals surface area (Å²) in [6, 6.07) is 18.1. The number of nitrogens with zero attached hydrogens (tertiary/aromatic N) is 1. The standard InChI is InChI=1S/C22H21N3O4S/c1-13(26)24-16-12-30-21-17(23)20(27)25(21)18(16)22(28)29-19(14-8-4-2-5-9-14)15-10-6-3-7-11-15/h2-11,17,19,21H,12,23H2,1H3,(H,24,26)/t17?,21-/m0/s1. The molecule has 154 valence electrons. The summed E-state index contributed by atoms with van der Waals surface area (Å²) >= 11 is 1.41. The third kappa shape index (κ3) is 3.71. The Balaban J connectivity index is 1.70. The van der Waals surface area contributed by atoms with Gasteiger partial charge in [0.2, 0.25) is 11.8 Å². The summed E-state index contributed by atoms with van der Waals surface area (Å²) in [4.78, 5) is 38.7. The van der Waals surface area contributed by atoms with E-state index in [-0.39, 0.29) is 22.9 Å². The van der Waals surface area contributed by atoms with Crippen LogP contribution in [0.25, 0.3) is 0 Å². The van der Waals surface area contributed by atoms with Crippen LogP contribution in [0, 0.1) is 0 Å². The third-order valence-corrected chi connectivity index (χ3v) is 6.26. The first-order valence-electron chi connectivity index (χ1n) is 9.49. The van der Waals surface area contributed by atoms with E-state index in [1.54, 1.807) is 0 Å². The number of esters is 1. The Bertz CT molecular complexity index is 970. The quantitative estimate of drug-likeness (QED) is 0.563. The molecule has 2 aliphatic rings. The van der Waals surface area contributed by atoms with Crippen LogP contribution in [-0.2, 0) is 19.1 Å². The van der Waals surface area contributed by atoms with Gasteiger partial charge in [-0.15, -0.1) is 11.8 Å². The molecule has 2 heterocycles. The smallest absolute Gasteiger partial charge is 0.357 e. The van der Waals surface area contributed by atoms with Gasteiger partial charge in [-0.05, 0) is 11.1 Å². The number of nitrogens with one attached hydrogen (secondary N) is 1. The lowest BCUT2D eigenvalue weighted by Crippen LogP contribution is -2.69. The second kappa shape index (κ2) is 8.33. The number of rotatable bonds is 5. The highest BCUT2D eigenvalue weighted by atomic mass is 32.2. The number of carbonyl (C=O) groups is 3. The molecule has 4 rings (SSSR count). The van der Waals surface area contributed by atoms with Crippen molar-refractivity contribution in [1.82, 2.24) is 10.2 Å². The van der Waals surface area contributed by atoms with E-state index in [2.05, 4.69) is 5.32 Å². The van der Waals surface area contributed by atoms with Gasteiger partial charge >= 0.3 is 5.97 Å². The fourth-order valence-corrected chi connectivity index (χ4v) is 4.79. The summed E-state index contributed by atoms with van der Waals surface area (Å²) < 4.78 is 5.92. The summed E-state index contributed by atoms with van der Waals surface area (Å²) in [5.74, 6) is -1.01. The van der Waals surface area contributed by atoms with Crippen LogP contribution in [0.5, 0.6) is 0 Å². The fourth-order valence-electron chi connectivity index (χ4n) is 3.56.